The van der Waals surface area contributed by atoms with E-state index in [4.69, 9.17) is 33.5 Å². The number of anilines is 1. The van der Waals surface area contributed by atoms with E-state index in [1.807, 2.05) is 48.5 Å². The van der Waals surface area contributed by atoms with Crippen molar-refractivity contribution < 1.29 is 62.2 Å². The first-order valence-electron chi connectivity index (χ1n) is 17.7. The lowest BCUT2D eigenvalue weighted by Crippen LogP contribution is -2.47. The molecule has 0 saturated heterocycles. The molecule has 16 nitrogen and oxygen atoms in total. The van der Waals surface area contributed by atoms with Gasteiger partial charge in [-0.3, -0.25) is 14.4 Å². The molecule has 0 bridgehead atoms. The predicted molar refractivity (Wildman–Crippen MR) is 194 cm³/mol. The Balaban J connectivity index is 1.19. The molecule has 0 saturated carbocycles. The van der Waals surface area contributed by atoms with Gasteiger partial charge in [-0.25, -0.2) is 4.79 Å². The van der Waals surface area contributed by atoms with E-state index >= 15 is 0 Å². The summed E-state index contributed by atoms with van der Waals surface area (Å²) in [5.41, 5.74) is 3.09. The molecule has 16 heteroatoms. The Morgan fingerprint density at radius 1 is 0.704 bits per heavy atom. The third-order valence-corrected chi connectivity index (χ3v) is 7.58. The maximum atomic E-state index is 13.4. The van der Waals surface area contributed by atoms with E-state index in [1.165, 1.54) is 0 Å². The van der Waals surface area contributed by atoms with Crippen LogP contribution in [0.15, 0.2) is 48.5 Å². The molecular formula is C38H49N3O13. The van der Waals surface area contributed by atoms with Gasteiger partial charge in [0.25, 0.3) is 0 Å². The number of nitrogens with zero attached hydrogens (tertiary/aromatic N) is 1. The Labute approximate surface area is 314 Å². The van der Waals surface area contributed by atoms with Gasteiger partial charge in [0.05, 0.1) is 91.5 Å². The molecule has 0 unspecified atom stereocenters. The number of nitrogens with one attached hydrogen (secondary N) is 2. The molecule has 1 aliphatic rings. The Morgan fingerprint density at radius 2 is 1.22 bits per heavy atom. The number of carbonyl (C=O) groups excluding carboxylic acids is 4. The summed E-state index contributed by atoms with van der Waals surface area (Å²) in [5, 5.41) is 13.5. The fourth-order valence-electron chi connectivity index (χ4n) is 4.92. The SMILES string of the molecule is O=CC[C@H](NC(=O)CCC(=O)N1Cc2ccccc2C#Cc2ccccc21)C(=O)NCCOCCOCCOCCOCCOCCOCCOC(=O)O. The summed E-state index contributed by atoms with van der Waals surface area (Å²) in [6.45, 7) is 4.46. The van der Waals surface area contributed by atoms with Crippen molar-refractivity contribution in [1.82, 2.24) is 10.6 Å². The number of ether oxygens (including phenoxy) is 7. The Bertz CT molecular complexity index is 1530. The van der Waals surface area contributed by atoms with Gasteiger partial charge in [-0.15, -0.1) is 0 Å². The summed E-state index contributed by atoms with van der Waals surface area (Å²) < 4.78 is 36.5. The third kappa shape index (κ3) is 17.8. The highest BCUT2D eigenvalue weighted by Crippen LogP contribution is 2.26. The molecule has 0 aliphatic carbocycles. The van der Waals surface area contributed by atoms with Gasteiger partial charge in [-0.1, -0.05) is 42.2 Å². The van der Waals surface area contributed by atoms with Gasteiger partial charge in [0, 0.05) is 36.9 Å². The van der Waals surface area contributed by atoms with E-state index in [1.54, 1.807) is 4.90 Å². The molecule has 0 aromatic heterocycles. The average molecular weight is 756 g/mol. The lowest BCUT2D eigenvalue weighted by molar-refractivity contribution is -0.130. The second kappa shape index (κ2) is 26.8. The van der Waals surface area contributed by atoms with Crippen LogP contribution < -0.4 is 15.5 Å². The average Bonchev–Trinajstić information content (AvgIpc) is 3.16. The second-order valence-corrected chi connectivity index (χ2v) is 11.5. The molecule has 2 aromatic rings. The summed E-state index contributed by atoms with van der Waals surface area (Å²) in [7, 11) is 0. The lowest BCUT2D eigenvalue weighted by Gasteiger charge is -2.26. The molecule has 0 fully saturated rings. The van der Waals surface area contributed by atoms with Crippen LogP contribution in [0.2, 0.25) is 0 Å². The molecule has 2 aromatic carbocycles. The summed E-state index contributed by atoms with van der Waals surface area (Å²) in [4.78, 5) is 62.0. The Kier molecular flexibility index (Phi) is 21.6. The fourth-order valence-corrected chi connectivity index (χ4v) is 4.92. The van der Waals surface area contributed by atoms with Crippen molar-refractivity contribution in [3.8, 4) is 11.8 Å². The topological polar surface area (TPSA) is 197 Å². The maximum absolute atomic E-state index is 13.4. The third-order valence-electron chi connectivity index (χ3n) is 7.58. The van der Waals surface area contributed by atoms with Gasteiger partial charge < -0.3 is 58.6 Å². The number of aldehydes is 1. The first-order valence-corrected chi connectivity index (χ1v) is 17.7. The highest BCUT2D eigenvalue weighted by Gasteiger charge is 2.24. The van der Waals surface area contributed by atoms with Crippen LogP contribution >= 0.6 is 0 Å². The van der Waals surface area contributed by atoms with Gasteiger partial charge >= 0.3 is 6.16 Å². The minimum atomic E-state index is -1.33. The molecule has 294 valence electrons. The molecule has 1 aliphatic heterocycles. The van der Waals surface area contributed by atoms with Gasteiger partial charge in [0.2, 0.25) is 17.7 Å². The first kappa shape index (κ1) is 43.5. The highest BCUT2D eigenvalue weighted by atomic mass is 16.7. The van der Waals surface area contributed by atoms with Gasteiger partial charge in [-0.05, 0) is 23.8 Å². The summed E-state index contributed by atoms with van der Waals surface area (Å²) in [6.07, 6.45) is -1.27. The zero-order valence-corrected chi connectivity index (χ0v) is 30.3. The maximum Gasteiger partial charge on any atom is 0.505 e. The Morgan fingerprint density at radius 3 is 1.81 bits per heavy atom. The van der Waals surface area contributed by atoms with E-state index < -0.39 is 24.0 Å². The number of amides is 3. The fraction of sp³-hybridized carbons (Fsp3) is 0.500. The van der Waals surface area contributed by atoms with Crippen LogP contribution in [-0.2, 0) is 58.9 Å². The monoisotopic (exact) mass is 755 g/mol. The van der Waals surface area contributed by atoms with E-state index in [2.05, 4.69) is 27.2 Å². The zero-order valence-electron chi connectivity index (χ0n) is 30.3. The number of para-hydroxylation sites is 1. The van der Waals surface area contributed by atoms with E-state index in [0.717, 1.165) is 11.1 Å². The molecule has 0 spiro atoms. The molecule has 1 atom stereocenters. The summed E-state index contributed by atoms with van der Waals surface area (Å²) in [5.74, 6) is 4.99. The number of hydrogen-bond acceptors (Lipinski definition) is 12. The summed E-state index contributed by atoms with van der Waals surface area (Å²) >= 11 is 0. The van der Waals surface area contributed by atoms with Crippen molar-refractivity contribution in [2.75, 3.05) is 97.3 Å². The van der Waals surface area contributed by atoms with Crippen molar-refractivity contribution in [1.29, 1.82) is 0 Å². The van der Waals surface area contributed by atoms with Crippen LogP contribution in [0.4, 0.5) is 10.5 Å². The van der Waals surface area contributed by atoms with Crippen LogP contribution in [0.5, 0.6) is 0 Å². The van der Waals surface area contributed by atoms with E-state index in [9.17, 15) is 24.0 Å². The first-order chi connectivity index (χ1) is 26.4. The number of rotatable bonds is 28. The summed E-state index contributed by atoms with van der Waals surface area (Å²) in [6, 6.07) is 13.9. The lowest BCUT2D eigenvalue weighted by atomic mass is 10.0. The van der Waals surface area contributed by atoms with Crippen LogP contribution in [0.25, 0.3) is 0 Å². The Hall–Kier alpha value is -4.89. The quantitative estimate of drug-likeness (QED) is 0.0492. The molecule has 3 N–H and O–H groups in total. The van der Waals surface area contributed by atoms with Crippen molar-refractivity contribution in [3.63, 3.8) is 0 Å². The molecule has 3 amide bonds. The predicted octanol–water partition coefficient (Wildman–Crippen LogP) is 1.70. The molecule has 1 heterocycles. The van der Waals surface area contributed by atoms with Crippen LogP contribution in [0.1, 0.15) is 36.0 Å². The minimum absolute atomic E-state index is 0.0204. The highest BCUT2D eigenvalue weighted by molar-refractivity contribution is 5.97. The van der Waals surface area contributed by atoms with Gasteiger partial charge in [0.15, 0.2) is 0 Å². The van der Waals surface area contributed by atoms with Crippen LogP contribution in [-0.4, -0.2) is 134 Å². The zero-order chi connectivity index (χ0) is 38.6. The standard InChI is InChI=1S/C38H49N3O13/c42-15-13-33(40-35(43)11-12-36(44)41-29-32-7-2-1-5-30(32)9-10-31-6-3-4-8-34(31)41)37(45)39-14-16-48-17-18-49-19-20-50-21-22-51-23-24-52-25-26-53-27-28-54-38(46)47/h1-8,15,33H,11-14,16-29H2,(H,39,45)(H,40,43)(H,46,47)/t33-/m0/s1. The van der Waals surface area contributed by atoms with E-state index in [-0.39, 0.29) is 51.5 Å². The largest absolute Gasteiger partial charge is 0.505 e. The normalized spacial score (nSPS) is 12.2. The van der Waals surface area contributed by atoms with Crippen molar-refractivity contribution >= 4 is 35.9 Å². The number of benzene rings is 2. The molecule has 3 rings (SSSR count). The van der Waals surface area contributed by atoms with Crippen LogP contribution in [0, 0.1) is 11.8 Å². The molecular weight excluding hydrogens is 706 g/mol. The molecule has 54 heavy (non-hydrogen) atoms. The number of hydrogen-bond donors (Lipinski definition) is 3. The second-order valence-electron chi connectivity index (χ2n) is 11.5. The van der Waals surface area contributed by atoms with Crippen molar-refractivity contribution in [3.05, 3.63) is 65.2 Å². The number of carboxylic acid groups (broad SMARTS) is 1. The molecule has 0 radical (unpaired) electrons. The van der Waals surface area contributed by atoms with E-state index in [0.29, 0.717) is 90.2 Å². The van der Waals surface area contributed by atoms with Crippen molar-refractivity contribution in [2.45, 2.75) is 31.8 Å². The van der Waals surface area contributed by atoms with Gasteiger partial charge in [-0.2, -0.15) is 0 Å². The van der Waals surface area contributed by atoms with Crippen molar-refractivity contribution in [2.24, 2.45) is 0 Å². The van der Waals surface area contributed by atoms with Gasteiger partial charge in [0.1, 0.15) is 18.9 Å². The number of carbonyl (C=O) groups is 5. The smallest absolute Gasteiger partial charge is 0.450 e. The minimum Gasteiger partial charge on any atom is -0.450 e. The van der Waals surface area contributed by atoms with Crippen LogP contribution in [0.3, 0.4) is 0 Å². The number of fused-ring (bicyclic) bond motifs is 2.